The van der Waals surface area contributed by atoms with Crippen LogP contribution in [-0.2, 0) is 19.3 Å². The zero-order valence-electron chi connectivity index (χ0n) is 20.1. The van der Waals surface area contributed by atoms with Gasteiger partial charge in [-0.25, -0.2) is 0 Å². The maximum absolute atomic E-state index is 13.9. The summed E-state index contributed by atoms with van der Waals surface area (Å²) in [4.78, 5) is 13.9. The van der Waals surface area contributed by atoms with Gasteiger partial charge in [-0.1, -0.05) is 84.9 Å². The van der Waals surface area contributed by atoms with E-state index in [1.54, 1.807) is 0 Å². The number of allylic oxidation sites excluding steroid dienone is 1. The van der Waals surface area contributed by atoms with E-state index in [0.29, 0.717) is 0 Å². The molecule has 0 saturated carbocycles. The highest BCUT2D eigenvalue weighted by Crippen LogP contribution is 2.33. The highest BCUT2D eigenvalue weighted by molar-refractivity contribution is 6.12. The van der Waals surface area contributed by atoms with Crippen molar-refractivity contribution in [2.45, 2.75) is 25.7 Å². The fourth-order valence-electron chi connectivity index (χ4n) is 5.76. The van der Waals surface area contributed by atoms with Gasteiger partial charge < -0.3 is 0 Å². The highest BCUT2D eigenvalue weighted by atomic mass is 16.1. The summed E-state index contributed by atoms with van der Waals surface area (Å²) < 4.78 is 0. The Morgan fingerprint density at radius 1 is 0.500 bits per heavy atom. The molecular formula is C35H26O. The van der Waals surface area contributed by atoms with Gasteiger partial charge in [0.1, 0.15) is 0 Å². The van der Waals surface area contributed by atoms with Gasteiger partial charge in [-0.2, -0.15) is 0 Å². The summed E-state index contributed by atoms with van der Waals surface area (Å²) in [6.07, 6.45) is 8.45. The van der Waals surface area contributed by atoms with E-state index in [1.807, 2.05) is 0 Å². The molecule has 1 heteroatoms. The van der Waals surface area contributed by atoms with Gasteiger partial charge in [0.15, 0.2) is 5.78 Å². The van der Waals surface area contributed by atoms with Gasteiger partial charge in [0.2, 0.25) is 0 Å². The van der Waals surface area contributed by atoms with Gasteiger partial charge in [-0.15, -0.1) is 0 Å². The first-order valence-corrected chi connectivity index (χ1v) is 12.8. The molecule has 0 atom stereocenters. The molecule has 0 bridgehead atoms. The minimum atomic E-state index is 0.139. The molecule has 1 nitrogen and oxygen atoms in total. The van der Waals surface area contributed by atoms with Crippen LogP contribution >= 0.6 is 0 Å². The van der Waals surface area contributed by atoms with Crippen molar-refractivity contribution in [2.75, 3.05) is 0 Å². The molecule has 2 aliphatic rings. The van der Waals surface area contributed by atoms with Crippen molar-refractivity contribution in [3.05, 3.63) is 137 Å². The van der Waals surface area contributed by atoms with Crippen LogP contribution in [-0.4, -0.2) is 5.78 Å². The van der Waals surface area contributed by atoms with E-state index >= 15 is 0 Å². The zero-order valence-corrected chi connectivity index (χ0v) is 20.1. The lowest BCUT2D eigenvalue weighted by Gasteiger charge is -2.14. The number of ketones is 1. The average Bonchev–Trinajstić information content (AvgIpc) is 3.08. The van der Waals surface area contributed by atoms with Crippen LogP contribution < -0.4 is 0 Å². The van der Waals surface area contributed by atoms with Crippen LogP contribution in [0, 0.1) is 0 Å². The third-order valence-corrected chi connectivity index (χ3v) is 7.81. The SMILES string of the molecule is O=C1c2cc(-c3ccc4c(c3)C=CCC4)ccc2CCc2ccc(-c3ccc4ccccc4c3)cc21. The Kier molecular flexibility index (Phi) is 4.96. The second kappa shape index (κ2) is 8.46. The lowest BCUT2D eigenvalue weighted by atomic mass is 9.90. The molecule has 0 spiro atoms. The largest absolute Gasteiger partial charge is 0.289 e. The normalized spacial score (nSPS) is 14.2. The van der Waals surface area contributed by atoms with Crippen LogP contribution in [0.15, 0.2) is 103 Å². The number of hydrogen-bond donors (Lipinski definition) is 0. The summed E-state index contributed by atoms with van der Waals surface area (Å²) in [6, 6.07) is 34.5. The molecule has 5 aromatic rings. The second-order valence-corrected chi connectivity index (χ2v) is 9.99. The van der Waals surface area contributed by atoms with E-state index < -0.39 is 0 Å². The number of carbonyl (C=O) groups excluding carboxylic acids is 1. The van der Waals surface area contributed by atoms with Crippen LogP contribution in [0.2, 0.25) is 0 Å². The standard InChI is InChI=1S/C35H26O/c36-35-33-21-31(29-15-9-23-5-1-3-7-27(23)19-29)17-13-25(33)11-12-26-14-18-32(22-34(26)35)30-16-10-24-6-2-4-8-28(24)20-30/h1,3-5,7-10,13-22H,2,6,11-12H2. The van der Waals surface area contributed by atoms with E-state index in [-0.39, 0.29) is 5.78 Å². The first-order chi connectivity index (χ1) is 17.7. The molecule has 172 valence electrons. The Labute approximate surface area is 211 Å². The van der Waals surface area contributed by atoms with Crippen molar-refractivity contribution in [2.24, 2.45) is 0 Å². The molecular weight excluding hydrogens is 436 g/mol. The van der Waals surface area contributed by atoms with Gasteiger partial charge in [-0.05, 0) is 105 Å². The quantitative estimate of drug-likeness (QED) is 0.257. The number of rotatable bonds is 2. The van der Waals surface area contributed by atoms with Crippen molar-refractivity contribution >= 4 is 22.6 Å². The molecule has 0 unspecified atom stereocenters. The van der Waals surface area contributed by atoms with Gasteiger partial charge in [0, 0.05) is 11.1 Å². The molecule has 0 heterocycles. The first kappa shape index (κ1) is 21.1. The first-order valence-electron chi connectivity index (χ1n) is 12.8. The van der Waals surface area contributed by atoms with Crippen LogP contribution in [0.3, 0.4) is 0 Å². The fraction of sp³-hybridized carbons (Fsp3) is 0.114. The Hall–Kier alpha value is -4.23. The lowest BCUT2D eigenvalue weighted by Crippen LogP contribution is -2.05. The monoisotopic (exact) mass is 462 g/mol. The second-order valence-electron chi connectivity index (χ2n) is 9.99. The summed E-state index contributed by atoms with van der Waals surface area (Å²) >= 11 is 0. The topological polar surface area (TPSA) is 17.1 Å². The van der Waals surface area contributed by atoms with Crippen LogP contribution in [0.5, 0.6) is 0 Å². The summed E-state index contributed by atoms with van der Waals surface area (Å²) in [5, 5.41) is 2.44. The molecule has 36 heavy (non-hydrogen) atoms. The predicted octanol–water partition coefficient (Wildman–Crippen LogP) is 8.46. The smallest absolute Gasteiger partial charge is 0.193 e. The van der Waals surface area contributed by atoms with Crippen molar-refractivity contribution < 1.29 is 4.79 Å². The summed E-state index contributed by atoms with van der Waals surface area (Å²) in [5.41, 5.74) is 11.2. The van der Waals surface area contributed by atoms with Crippen molar-refractivity contribution in [1.82, 2.24) is 0 Å². The molecule has 0 fully saturated rings. The molecule has 0 radical (unpaired) electrons. The Balaban J connectivity index is 1.29. The van der Waals surface area contributed by atoms with Gasteiger partial charge in [0.25, 0.3) is 0 Å². The number of carbonyl (C=O) groups is 1. The molecule has 7 rings (SSSR count). The summed E-state index contributed by atoms with van der Waals surface area (Å²) in [7, 11) is 0. The third-order valence-electron chi connectivity index (χ3n) is 7.81. The number of benzene rings is 5. The average molecular weight is 463 g/mol. The fourth-order valence-corrected chi connectivity index (χ4v) is 5.76. The molecule has 0 amide bonds. The van der Waals surface area contributed by atoms with Crippen LogP contribution in [0.25, 0.3) is 39.1 Å². The van der Waals surface area contributed by atoms with Gasteiger partial charge >= 0.3 is 0 Å². The zero-order chi connectivity index (χ0) is 24.1. The third kappa shape index (κ3) is 3.60. The highest BCUT2D eigenvalue weighted by Gasteiger charge is 2.22. The Morgan fingerprint density at radius 3 is 1.81 bits per heavy atom. The number of aryl methyl sites for hydroxylation is 3. The molecule has 5 aromatic carbocycles. The van der Waals surface area contributed by atoms with Crippen molar-refractivity contribution in [3.8, 4) is 22.3 Å². The van der Waals surface area contributed by atoms with Crippen LogP contribution in [0.4, 0.5) is 0 Å². The minimum absolute atomic E-state index is 0.139. The maximum Gasteiger partial charge on any atom is 0.193 e. The van der Waals surface area contributed by atoms with E-state index in [4.69, 9.17) is 0 Å². The predicted molar refractivity (Wildman–Crippen MR) is 149 cm³/mol. The van der Waals surface area contributed by atoms with Crippen molar-refractivity contribution in [3.63, 3.8) is 0 Å². The maximum atomic E-state index is 13.9. The van der Waals surface area contributed by atoms with Crippen LogP contribution in [0.1, 0.15) is 44.6 Å². The summed E-state index contributed by atoms with van der Waals surface area (Å²) in [5.74, 6) is 0.139. The van der Waals surface area contributed by atoms with E-state index in [0.717, 1.165) is 64.6 Å². The van der Waals surface area contributed by atoms with Gasteiger partial charge in [-0.3, -0.25) is 4.79 Å². The Morgan fingerprint density at radius 2 is 1.08 bits per heavy atom. The minimum Gasteiger partial charge on any atom is -0.289 e. The summed E-state index contributed by atoms with van der Waals surface area (Å²) in [6.45, 7) is 0. The van der Waals surface area contributed by atoms with Gasteiger partial charge in [0.05, 0.1) is 0 Å². The molecule has 0 aliphatic heterocycles. The van der Waals surface area contributed by atoms with Crippen molar-refractivity contribution in [1.29, 1.82) is 0 Å². The lowest BCUT2D eigenvalue weighted by molar-refractivity contribution is 0.103. The Bertz CT molecular complexity index is 1700. The van der Waals surface area contributed by atoms with E-state index in [9.17, 15) is 4.79 Å². The molecule has 0 aromatic heterocycles. The van der Waals surface area contributed by atoms with E-state index in [2.05, 4.69) is 109 Å². The molecule has 0 N–H and O–H groups in total. The number of hydrogen-bond acceptors (Lipinski definition) is 1. The molecule has 0 saturated heterocycles. The number of fused-ring (bicyclic) bond motifs is 4. The van der Waals surface area contributed by atoms with E-state index in [1.165, 1.54) is 27.5 Å². The molecule has 2 aliphatic carbocycles.